The Balaban J connectivity index is -0.0000000121. The van der Waals surface area contributed by atoms with E-state index in [0.29, 0.717) is 0 Å². The molecule has 0 spiro atoms. The normalized spacial score (nSPS) is 5.14. The van der Waals surface area contributed by atoms with Crippen molar-refractivity contribution >= 4 is 48.1 Å². The van der Waals surface area contributed by atoms with Crippen LogP contribution in [-0.2, 0) is 0 Å². The first-order valence-corrected chi connectivity index (χ1v) is 3.10. The van der Waals surface area contributed by atoms with Gasteiger partial charge in [-0.25, -0.2) is 0 Å². The van der Waals surface area contributed by atoms with Gasteiger partial charge in [-0.3, -0.25) is 0 Å². The first-order valence-electron chi connectivity index (χ1n) is 3.10. The van der Waals surface area contributed by atoms with Gasteiger partial charge >= 0.3 is 48.1 Å². The molecule has 0 bridgehead atoms. The van der Waals surface area contributed by atoms with Gasteiger partial charge in [0, 0.05) is 0 Å². The van der Waals surface area contributed by atoms with Crippen LogP contribution in [0.4, 0.5) is 0 Å². The Bertz CT molecular complexity index is 63.3. The standard InChI is InChI=1S/4BH3O3.Li.4H2O.H/c4*2-1(3)4;;;;;;/h4*2-4H;;4*1H2;. The fraction of sp³-hybridized carbons (Fsp3) is 0. The zero-order valence-corrected chi connectivity index (χ0v) is 9.68. The maximum absolute atomic E-state index is 7.17. The van der Waals surface area contributed by atoms with Crippen molar-refractivity contribution in [3.05, 3.63) is 0 Å². The van der Waals surface area contributed by atoms with Crippen molar-refractivity contribution in [2.45, 2.75) is 0 Å². The van der Waals surface area contributed by atoms with E-state index in [1.165, 1.54) is 0 Å². The van der Waals surface area contributed by atoms with Gasteiger partial charge in [-0.15, -0.1) is 0 Å². The Kier molecular flexibility index (Phi) is 138. The molecule has 0 heterocycles. The number of hydrogen-bond donors (Lipinski definition) is 12. The van der Waals surface area contributed by atoms with E-state index in [0.717, 1.165) is 0 Å². The molecule has 0 aromatic heterocycles. The molecule has 0 saturated heterocycles. The molecule has 0 aromatic carbocycles. The van der Waals surface area contributed by atoms with E-state index < -0.39 is 29.3 Å². The summed E-state index contributed by atoms with van der Waals surface area (Å²) in [6, 6.07) is 0. The Morgan fingerprint density at radius 3 is 0.286 bits per heavy atom. The summed E-state index contributed by atoms with van der Waals surface area (Å²) in [6.07, 6.45) is 0. The SMILES string of the molecule is O.O.O.O.OB(O)O.OB(O)O.OB(O)O.OB(O)O.[LiH]. The van der Waals surface area contributed by atoms with Crippen LogP contribution < -0.4 is 0 Å². The molecule has 0 fully saturated rings. The molecule has 0 aromatic rings. The fourth-order valence-electron chi connectivity index (χ4n) is 0. The molecule has 0 saturated carbocycles. The van der Waals surface area contributed by atoms with Crippen molar-refractivity contribution in [1.29, 1.82) is 0 Å². The topological polar surface area (TPSA) is 369 Å². The van der Waals surface area contributed by atoms with E-state index in [2.05, 4.69) is 0 Å². The van der Waals surface area contributed by atoms with Gasteiger partial charge in [0.2, 0.25) is 0 Å². The molecule has 21 heavy (non-hydrogen) atoms. The molecule has 0 radical (unpaired) electrons. The van der Waals surface area contributed by atoms with E-state index in [1.807, 2.05) is 0 Å². The Hall–Kier alpha value is 0.217. The molecule has 0 aliphatic heterocycles. The maximum atomic E-state index is 7.17. The molecule has 0 aliphatic carbocycles. The summed E-state index contributed by atoms with van der Waals surface area (Å²) in [4.78, 5) is 0. The van der Waals surface area contributed by atoms with Gasteiger partial charge < -0.3 is 82.2 Å². The van der Waals surface area contributed by atoms with Crippen molar-refractivity contribution in [2.24, 2.45) is 0 Å². The number of hydrogen-bond acceptors (Lipinski definition) is 12. The van der Waals surface area contributed by atoms with Gasteiger partial charge in [-0.1, -0.05) is 0 Å². The van der Waals surface area contributed by atoms with Crippen LogP contribution in [0.5, 0.6) is 0 Å². The third-order valence-electron chi connectivity index (χ3n) is 0. The molecule has 0 unspecified atom stereocenters. The van der Waals surface area contributed by atoms with Crippen LogP contribution in [0, 0.1) is 0 Å². The van der Waals surface area contributed by atoms with Gasteiger partial charge in [0.15, 0.2) is 0 Å². The zero-order valence-electron chi connectivity index (χ0n) is 9.68. The fourth-order valence-corrected chi connectivity index (χ4v) is 0. The van der Waals surface area contributed by atoms with Crippen LogP contribution >= 0.6 is 0 Å². The summed E-state index contributed by atoms with van der Waals surface area (Å²) in [6.45, 7) is 0. The summed E-state index contributed by atoms with van der Waals surface area (Å²) in [7, 11) is -8.67. The Morgan fingerprint density at radius 1 is 0.286 bits per heavy atom. The van der Waals surface area contributed by atoms with Crippen LogP contribution in [0.25, 0.3) is 0 Å². The van der Waals surface area contributed by atoms with Crippen LogP contribution in [-0.4, -0.2) is 130 Å². The van der Waals surface area contributed by atoms with Gasteiger partial charge in [-0.2, -0.15) is 0 Å². The number of rotatable bonds is 0. The zero-order chi connectivity index (χ0) is 14.3. The Morgan fingerprint density at radius 2 is 0.286 bits per heavy atom. The third-order valence-corrected chi connectivity index (χ3v) is 0. The third kappa shape index (κ3) is 142000. The summed E-state index contributed by atoms with van der Waals surface area (Å²) in [5, 5.41) is 86.0. The van der Waals surface area contributed by atoms with Crippen LogP contribution in [0.2, 0.25) is 0 Å². The minimum atomic E-state index is -2.17. The molecule has 0 amide bonds. The van der Waals surface area contributed by atoms with E-state index in [-0.39, 0.29) is 40.8 Å². The van der Waals surface area contributed by atoms with Gasteiger partial charge in [0.1, 0.15) is 0 Å². The molecule has 0 rings (SSSR count). The monoisotopic (exact) mass is 328 g/mol. The molecule has 0 aliphatic rings. The molecule has 21 heteroatoms. The second-order valence-electron chi connectivity index (χ2n) is 1.39. The predicted octanol–water partition coefficient (Wildman–Crippen LogP) is -12.2. The molecular weight excluding hydrogens is 306 g/mol. The minimum absolute atomic E-state index is 0. The summed E-state index contributed by atoms with van der Waals surface area (Å²) < 4.78 is 0. The van der Waals surface area contributed by atoms with Crippen molar-refractivity contribution in [2.75, 3.05) is 0 Å². The van der Waals surface area contributed by atoms with Crippen molar-refractivity contribution in [1.82, 2.24) is 0 Å². The van der Waals surface area contributed by atoms with Crippen LogP contribution in [0.15, 0.2) is 0 Å². The average Bonchev–Trinajstić information content (AvgIpc) is 1.76. The van der Waals surface area contributed by atoms with Gasteiger partial charge in [0.05, 0.1) is 0 Å². The van der Waals surface area contributed by atoms with Gasteiger partial charge in [-0.05, 0) is 0 Å². The predicted molar refractivity (Wildman–Crippen MR) is 71.2 cm³/mol. The molecule has 20 N–H and O–H groups in total. The van der Waals surface area contributed by atoms with Crippen molar-refractivity contribution in [3.8, 4) is 0 Å². The van der Waals surface area contributed by atoms with E-state index in [4.69, 9.17) is 60.3 Å². The van der Waals surface area contributed by atoms with E-state index in [9.17, 15) is 0 Å². The second-order valence-corrected chi connectivity index (χ2v) is 1.39. The first-order chi connectivity index (χ1) is 6.93. The Labute approximate surface area is 131 Å². The average molecular weight is 327 g/mol. The molecule has 16 nitrogen and oxygen atoms in total. The quantitative estimate of drug-likeness (QED) is 0.184. The van der Waals surface area contributed by atoms with Crippen molar-refractivity contribution < 1.29 is 82.2 Å². The van der Waals surface area contributed by atoms with E-state index in [1.54, 1.807) is 0 Å². The first kappa shape index (κ1) is 58.1. The van der Waals surface area contributed by atoms with Crippen molar-refractivity contribution in [3.63, 3.8) is 0 Å². The summed E-state index contributed by atoms with van der Waals surface area (Å²) >= 11 is 0. The van der Waals surface area contributed by atoms with Gasteiger partial charge in [0.25, 0.3) is 0 Å². The van der Waals surface area contributed by atoms with E-state index >= 15 is 0 Å². The summed E-state index contributed by atoms with van der Waals surface area (Å²) in [5.41, 5.74) is 0. The van der Waals surface area contributed by atoms with Crippen LogP contribution in [0.3, 0.4) is 0 Å². The second kappa shape index (κ2) is 50.0. The summed E-state index contributed by atoms with van der Waals surface area (Å²) in [5.74, 6) is 0. The molecule has 0 atom stereocenters. The molecular formula is H21B4LiO16. The van der Waals surface area contributed by atoms with Crippen LogP contribution in [0.1, 0.15) is 0 Å². The molecule has 130 valence electrons.